The van der Waals surface area contributed by atoms with Crippen LogP contribution < -0.4 is 0 Å². The average Bonchev–Trinajstić information content (AvgIpc) is 3.67. The largest absolute Gasteiger partial charge is 0.481 e. The van der Waals surface area contributed by atoms with E-state index in [1.807, 2.05) is 0 Å². The van der Waals surface area contributed by atoms with Gasteiger partial charge in [-0.05, 0) is 117 Å². The van der Waals surface area contributed by atoms with E-state index in [1.165, 1.54) is 123 Å². The summed E-state index contributed by atoms with van der Waals surface area (Å²) in [6.07, 6.45) is 26.8. The van der Waals surface area contributed by atoms with Crippen molar-refractivity contribution in [3.63, 3.8) is 0 Å². The zero-order valence-corrected chi connectivity index (χ0v) is 24.9. The normalized spacial score (nSPS) is 38.7. The van der Waals surface area contributed by atoms with Gasteiger partial charge in [0.2, 0.25) is 0 Å². The molecule has 224 valence electrons. The van der Waals surface area contributed by atoms with Crippen LogP contribution in [0.2, 0.25) is 0 Å². The zero-order valence-electron chi connectivity index (χ0n) is 24.9. The molecule has 0 amide bonds. The number of methoxy groups -OCH3 is 1. The number of aliphatic hydroxyl groups excluding tert-OH is 1. The summed E-state index contributed by atoms with van der Waals surface area (Å²) in [5.41, 5.74) is 0. The average molecular weight is 547 g/mol. The molecule has 9 atom stereocenters. The first-order valence-electron chi connectivity index (χ1n) is 16.9. The first-order chi connectivity index (χ1) is 19.0. The van der Waals surface area contributed by atoms with Crippen molar-refractivity contribution in [1.29, 1.82) is 0 Å². The third-order valence-electron chi connectivity index (χ3n) is 12.0. The van der Waals surface area contributed by atoms with Gasteiger partial charge in [0.1, 0.15) is 0 Å². The van der Waals surface area contributed by atoms with Crippen LogP contribution in [0, 0.1) is 53.3 Å². The molecule has 0 aromatic heterocycles. The second-order valence-corrected chi connectivity index (χ2v) is 14.0. The first kappa shape index (κ1) is 30.8. The Bertz CT molecular complexity index is 752. The molecule has 6 saturated carbocycles. The molecule has 0 aromatic rings. The van der Waals surface area contributed by atoms with Crippen molar-refractivity contribution in [2.75, 3.05) is 13.7 Å². The quantitative estimate of drug-likeness (QED) is 0.330. The molecule has 6 fully saturated rings. The van der Waals surface area contributed by atoms with E-state index in [-0.39, 0.29) is 5.97 Å². The highest BCUT2D eigenvalue weighted by molar-refractivity contribution is 5.69. The van der Waals surface area contributed by atoms with E-state index in [2.05, 4.69) is 0 Å². The number of hydrogen-bond acceptors (Lipinski definition) is 4. The smallest absolute Gasteiger partial charge is 0.305 e. The molecule has 0 radical (unpaired) electrons. The summed E-state index contributed by atoms with van der Waals surface area (Å²) < 4.78 is 4.75. The summed E-state index contributed by atoms with van der Waals surface area (Å²) in [6, 6.07) is 0. The second kappa shape index (κ2) is 15.8. The summed E-state index contributed by atoms with van der Waals surface area (Å²) in [5, 5.41) is 17.7. The Hall–Kier alpha value is -1.10. The number of esters is 1. The maximum absolute atomic E-state index is 11.2. The number of rotatable bonds is 6. The Morgan fingerprint density at radius 1 is 0.590 bits per heavy atom. The fourth-order valence-electron chi connectivity index (χ4n) is 10.1. The van der Waals surface area contributed by atoms with Gasteiger partial charge in [-0.15, -0.1) is 0 Å². The molecule has 0 spiro atoms. The van der Waals surface area contributed by atoms with E-state index in [0.29, 0.717) is 31.3 Å². The van der Waals surface area contributed by atoms with Crippen molar-refractivity contribution in [2.45, 2.75) is 135 Å². The van der Waals surface area contributed by atoms with Gasteiger partial charge in [-0.3, -0.25) is 9.59 Å². The van der Waals surface area contributed by atoms with Crippen molar-refractivity contribution in [1.82, 2.24) is 0 Å². The number of carboxylic acid groups (broad SMARTS) is 1. The molecule has 0 saturated heterocycles. The van der Waals surface area contributed by atoms with Crippen LogP contribution in [0.5, 0.6) is 0 Å². The van der Waals surface area contributed by atoms with Crippen LogP contribution in [0.15, 0.2) is 0 Å². The fraction of sp³-hybridized carbons (Fsp3) is 0.941. The highest BCUT2D eigenvalue weighted by Gasteiger charge is 2.39. The number of carboxylic acids is 1. The second-order valence-electron chi connectivity index (χ2n) is 14.0. The Labute approximate surface area is 238 Å². The van der Waals surface area contributed by atoms with E-state index in [4.69, 9.17) is 14.9 Å². The van der Waals surface area contributed by atoms with Gasteiger partial charge < -0.3 is 14.9 Å². The minimum absolute atomic E-state index is 0.0128. The molecule has 6 aliphatic carbocycles. The van der Waals surface area contributed by atoms with Crippen LogP contribution in [0.25, 0.3) is 0 Å². The van der Waals surface area contributed by atoms with Gasteiger partial charge in [-0.1, -0.05) is 57.8 Å². The van der Waals surface area contributed by atoms with Crippen LogP contribution in [-0.2, 0) is 14.3 Å². The summed E-state index contributed by atoms with van der Waals surface area (Å²) >= 11 is 0. The molecule has 5 nitrogen and oxygen atoms in total. The molecule has 0 aromatic carbocycles. The topological polar surface area (TPSA) is 83.8 Å². The molecule has 39 heavy (non-hydrogen) atoms. The number of fused-ring (bicyclic) bond motifs is 3. The highest BCUT2D eigenvalue weighted by Crippen LogP contribution is 2.49. The number of aliphatic carboxylic acids is 1. The lowest BCUT2D eigenvalue weighted by atomic mass is 9.77. The number of carbonyl (C=O) groups is 2. The van der Waals surface area contributed by atoms with Gasteiger partial charge in [0.15, 0.2) is 0 Å². The molecular formula is C34H58O5. The molecule has 0 bridgehead atoms. The van der Waals surface area contributed by atoms with Gasteiger partial charge in [-0.2, -0.15) is 0 Å². The molecule has 6 aliphatic rings. The number of hydrogen-bond donors (Lipinski definition) is 2. The molecule has 2 N–H and O–H groups in total. The molecular weight excluding hydrogens is 488 g/mol. The lowest BCUT2D eigenvalue weighted by Gasteiger charge is -2.28. The van der Waals surface area contributed by atoms with Crippen LogP contribution in [0.3, 0.4) is 0 Å². The molecule has 0 heterocycles. The maximum Gasteiger partial charge on any atom is 0.305 e. The van der Waals surface area contributed by atoms with Crippen LogP contribution in [0.1, 0.15) is 135 Å². The highest BCUT2D eigenvalue weighted by atomic mass is 16.5. The minimum Gasteiger partial charge on any atom is -0.481 e. The van der Waals surface area contributed by atoms with Crippen molar-refractivity contribution >= 4 is 11.9 Å². The first-order valence-corrected chi connectivity index (χ1v) is 16.9. The SMILES string of the molecule is COC(=O)CC1CCC2CCCCC21.O=C(O)CC1CCC2CCCCC21.OCCC1CCC2CCCCC12. The van der Waals surface area contributed by atoms with Crippen molar-refractivity contribution < 1.29 is 24.5 Å². The predicted octanol–water partition coefficient (Wildman–Crippen LogP) is 8.03. The van der Waals surface area contributed by atoms with E-state index < -0.39 is 5.97 Å². The van der Waals surface area contributed by atoms with Crippen LogP contribution in [-0.4, -0.2) is 35.9 Å². The Balaban J connectivity index is 0.000000136. The third kappa shape index (κ3) is 8.69. The fourth-order valence-corrected chi connectivity index (χ4v) is 10.1. The Kier molecular flexibility index (Phi) is 12.5. The van der Waals surface area contributed by atoms with Gasteiger partial charge in [0, 0.05) is 19.4 Å². The zero-order chi connectivity index (χ0) is 27.6. The molecule has 0 aliphatic heterocycles. The summed E-state index contributed by atoms with van der Waals surface area (Å²) in [7, 11) is 1.50. The minimum atomic E-state index is -0.601. The Morgan fingerprint density at radius 2 is 1.00 bits per heavy atom. The molecule has 5 heteroatoms. The van der Waals surface area contributed by atoms with E-state index in [0.717, 1.165) is 47.8 Å². The summed E-state index contributed by atoms with van der Waals surface area (Å²) in [4.78, 5) is 21.8. The standard InChI is InChI=1S/C12H20O2.C11H18O2.C11H20O/c1-14-12(13)8-10-7-6-9-4-2-3-5-11(9)10;12-11(13)7-9-6-5-8-3-1-2-4-10(8)9;12-8-7-10-6-5-9-3-1-2-4-11(9)10/h9-11H,2-8H2,1H3;8-10H,1-7H2,(H,12,13);9-12H,1-8H2. The van der Waals surface area contributed by atoms with E-state index in [1.54, 1.807) is 0 Å². The summed E-state index contributed by atoms with van der Waals surface area (Å²) in [5.74, 6) is 6.82. The van der Waals surface area contributed by atoms with Crippen molar-refractivity contribution in [3.05, 3.63) is 0 Å². The van der Waals surface area contributed by atoms with Gasteiger partial charge in [0.05, 0.1) is 7.11 Å². The van der Waals surface area contributed by atoms with Crippen molar-refractivity contribution in [2.24, 2.45) is 53.3 Å². The summed E-state index contributed by atoms with van der Waals surface area (Å²) in [6.45, 7) is 0.411. The monoisotopic (exact) mass is 546 g/mol. The number of ether oxygens (including phenoxy) is 1. The van der Waals surface area contributed by atoms with Crippen LogP contribution >= 0.6 is 0 Å². The van der Waals surface area contributed by atoms with Crippen LogP contribution in [0.4, 0.5) is 0 Å². The molecule has 6 rings (SSSR count). The molecule has 9 unspecified atom stereocenters. The maximum atomic E-state index is 11.2. The predicted molar refractivity (Wildman–Crippen MR) is 155 cm³/mol. The number of carbonyl (C=O) groups excluding carboxylic acids is 1. The van der Waals surface area contributed by atoms with E-state index >= 15 is 0 Å². The van der Waals surface area contributed by atoms with Gasteiger partial charge in [-0.25, -0.2) is 0 Å². The lowest BCUT2D eigenvalue weighted by Crippen LogP contribution is -2.21. The van der Waals surface area contributed by atoms with Crippen molar-refractivity contribution in [3.8, 4) is 0 Å². The van der Waals surface area contributed by atoms with Gasteiger partial charge in [0.25, 0.3) is 0 Å². The Morgan fingerprint density at radius 3 is 1.44 bits per heavy atom. The number of aliphatic hydroxyl groups is 1. The van der Waals surface area contributed by atoms with E-state index in [9.17, 15) is 9.59 Å². The van der Waals surface area contributed by atoms with Gasteiger partial charge >= 0.3 is 11.9 Å². The lowest BCUT2D eigenvalue weighted by molar-refractivity contribution is -0.142. The third-order valence-corrected chi connectivity index (χ3v) is 12.0.